The molecule has 0 aliphatic carbocycles. The van der Waals surface area contributed by atoms with Gasteiger partial charge in [-0.15, -0.1) is 0 Å². The number of hydrogen-bond acceptors (Lipinski definition) is 3. The van der Waals surface area contributed by atoms with Crippen LogP contribution in [0, 0.1) is 0 Å². The van der Waals surface area contributed by atoms with E-state index in [2.05, 4.69) is 30.8 Å². The molecule has 1 aromatic carbocycles. The molecule has 0 radical (unpaired) electrons. The Bertz CT molecular complexity index is 487. The van der Waals surface area contributed by atoms with Gasteiger partial charge in [0.15, 0.2) is 0 Å². The average molecular weight is 284 g/mol. The second-order valence-corrected chi connectivity index (χ2v) is 7.40. The van der Waals surface area contributed by atoms with Crippen LogP contribution in [0.15, 0.2) is 29.2 Å². The van der Waals surface area contributed by atoms with Crippen LogP contribution in [0.5, 0.6) is 0 Å². The fraction of sp³-hybridized carbons (Fsp3) is 0.571. The Morgan fingerprint density at radius 3 is 2.11 bits per heavy atom. The first-order valence-electron chi connectivity index (χ1n) is 6.52. The Kier molecular flexibility index (Phi) is 5.52. The van der Waals surface area contributed by atoms with E-state index in [9.17, 15) is 8.42 Å². The smallest absolute Gasteiger partial charge is 0.240 e. The molecule has 1 rings (SSSR count). The summed E-state index contributed by atoms with van der Waals surface area (Å²) in [6.07, 6.45) is 0.774. The minimum atomic E-state index is -3.38. The van der Waals surface area contributed by atoms with Crippen molar-refractivity contribution in [2.45, 2.75) is 37.5 Å². The van der Waals surface area contributed by atoms with Gasteiger partial charge in [0.1, 0.15) is 0 Å². The van der Waals surface area contributed by atoms with Crippen LogP contribution in [0.1, 0.15) is 32.8 Å². The van der Waals surface area contributed by atoms with Crippen LogP contribution < -0.4 is 10.0 Å². The minimum Gasteiger partial charge on any atom is -0.320 e. The van der Waals surface area contributed by atoms with Crippen molar-refractivity contribution < 1.29 is 8.42 Å². The first-order valence-corrected chi connectivity index (χ1v) is 8.00. The van der Waals surface area contributed by atoms with E-state index in [0.717, 1.165) is 18.5 Å². The maximum atomic E-state index is 12.0. The van der Waals surface area contributed by atoms with Crippen molar-refractivity contribution >= 4 is 10.0 Å². The van der Waals surface area contributed by atoms with E-state index in [1.54, 1.807) is 12.1 Å². The van der Waals surface area contributed by atoms with Crippen LogP contribution in [0.2, 0.25) is 0 Å². The molecule has 0 atom stereocenters. The third kappa shape index (κ3) is 4.93. The van der Waals surface area contributed by atoms with Gasteiger partial charge in [0.2, 0.25) is 10.0 Å². The van der Waals surface area contributed by atoms with Gasteiger partial charge in [0, 0.05) is 6.54 Å². The molecule has 0 fully saturated rings. The molecule has 0 aliphatic rings. The molecular formula is C14H24N2O2S. The summed E-state index contributed by atoms with van der Waals surface area (Å²) in [4.78, 5) is 0.324. The highest BCUT2D eigenvalue weighted by atomic mass is 32.2. The summed E-state index contributed by atoms with van der Waals surface area (Å²) in [7, 11) is -1.53. The van der Waals surface area contributed by atoms with Gasteiger partial charge in [-0.3, -0.25) is 0 Å². The lowest BCUT2D eigenvalue weighted by molar-refractivity contribution is 0.575. The predicted molar refractivity (Wildman–Crippen MR) is 78.9 cm³/mol. The fourth-order valence-electron chi connectivity index (χ4n) is 1.69. The van der Waals surface area contributed by atoms with Gasteiger partial charge >= 0.3 is 0 Å². The zero-order chi connectivity index (χ0) is 14.5. The normalized spacial score (nSPS) is 12.6. The van der Waals surface area contributed by atoms with Crippen LogP contribution in [0.25, 0.3) is 0 Å². The first kappa shape index (κ1) is 16.1. The molecule has 0 aliphatic heterocycles. The third-order valence-corrected chi connectivity index (χ3v) is 4.40. The number of hydrogen-bond donors (Lipinski definition) is 2. The largest absolute Gasteiger partial charge is 0.320 e. The van der Waals surface area contributed by atoms with E-state index >= 15 is 0 Å². The molecule has 19 heavy (non-hydrogen) atoms. The summed E-state index contributed by atoms with van der Waals surface area (Å²) in [5.41, 5.74) is 1.16. The molecule has 2 N–H and O–H groups in total. The van der Waals surface area contributed by atoms with Crippen molar-refractivity contribution in [2.24, 2.45) is 0 Å². The van der Waals surface area contributed by atoms with Crippen LogP contribution in [0.4, 0.5) is 0 Å². The van der Waals surface area contributed by atoms with Gasteiger partial charge in [-0.25, -0.2) is 13.1 Å². The monoisotopic (exact) mass is 284 g/mol. The zero-order valence-electron chi connectivity index (χ0n) is 12.2. The summed E-state index contributed by atoms with van der Waals surface area (Å²) in [5.74, 6) is 0. The fourth-order valence-corrected chi connectivity index (χ4v) is 2.76. The molecule has 1 aromatic rings. The maximum Gasteiger partial charge on any atom is 0.240 e. The van der Waals surface area contributed by atoms with Crippen molar-refractivity contribution in [1.82, 2.24) is 10.0 Å². The van der Waals surface area contributed by atoms with Crippen molar-refractivity contribution in [2.75, 3.05) is 20.1 Å². The van der Waals surface area contributed by atoms with Crippen LogP contribution >= 0.6 is 0 Å². The van der Waals surface area contributed by atoms with E-state index in [4.69, 9.17) is 0 Å². The highest BCUT2D eigenvalue weighted by molar-refractivity contribution is 7.89. The minimum absolute atomic E-state index is 0.0303. The quantitative estimate of drug-likeness (QED) is 0.784. The molecule has 0 heterocycles. The van der Waals surface area contributed by atoms with Gasteiger partial charge in [-0.05, 0) is 43.1 Å². The molecular weight excluding hydrogens is 260 g/mol. The van der Waals surface area contributed by atoms with E-state index < -0.39 is 10.0 Å². The summed E-state index contributed by atoms with van der Waals surface area (Å²) in [6.45, 7) is 7.56. The number of sulfonamides is 1. The summed E-state index contributed by atoms with van der Waals surface area (Å²) in [6, 6.07) is 7.09. The van der Waals surface area contributed by atoms with Gasteiger partial charge < -0.3 is 5.32 Å². The second kappa shape index (κ2) is 6.50. The lowest BCUT2D eigenvalue weighted by Crippen LogP contribution is -2.27. The van der Waals surface area contributed by atoms with Crippen LogP contribution in [0.3, 0.4) is 0 Å². The molecule has 0 spiro atoms. The van der Waals surface area contributed by atoms with Crippen molar-refractivity contribution in [3.63, 3.8) is 0 Å². The maximum absolute atomic E-state index is 12.0. The van der Waals surface area contributed by atoms with E-state index in [1.807, 2.05) is 19.2 Å². The highest BCUT2D eigenvalue weighted by Gasteiger charge is 2.16. The van der Waals surface area contributed by atoms with Crippen LogP contribution in [-0.4, -0.2) is 28.6 Å². The first-order chi connectivity index (χ1) is 8.77. The van der Waals surface area contributed by atoms with E-state index in [-0.39, 0.29) is 5.41 Å². The SMILES string of the molecule is CNCCCNS(=O)(=O)c1ccc(C(C)(C)C)cc1. The van der Waals surface area contributed by atoms with Gasteiger partial charge in [-0.2, -0.15) is 0 Å². The standard InChI is InChI=1S/C14H24N2O2S/c1-14(2,3)12-6-8-13(9-7-12)19(17,18)16-11-5-10-15-4/h6-9,15-16H,5,10-11H2,1-4H3. The molecule has 108 valence electrons. The Morgan fingerprint density at radius 1 is 1.05 bits per heavy atom. The molecule has 0 bridgehead atoms. The van der Waals surface area contributed by atoms with E-state index in [1.165, 1.54) is 0 Å². The molecule has 5 heteroatoms. The van der Waals surface area contributed by atoms with E-state index in [0.29, 0.717) is 11.4 Å². The number of rotatable bonds is 6. The molecule has 0 amide bonds. The average Bonchev–Trinajstić information content (AvgIpc) is 2.34. The summed E-state index contributed by atoms with van der Waals surface area (Å²) in [5, 5.41) is 2.98. The molecule has 4 nitrogen and oxygen atoms in total. The Morgan fingerprint density at radius 2 is 1.63 bits per heavy atom. The van der Waals surface area contributed by atoms with Crippen molar-refractivity contribution in [3.8, 4) is 0 Å². The van der Waals surface area contributed by atoms with Crippen molar-refractivity contribution in [3.05, 3.63) is 29.8 Å². The lowest BCUT2D eigenvalue weighted by atomic mass is 9.87. The predicted octanol–water partition coefficient (Wildman–Crippen LogP) is 1.87. The Labute approximate surface area is 116 Å². The number of benzene rings is 1. The molecule has 0 unspecified atom stereocenters. The zero-order valence-corrected chi connectivity index (χ0v) is 13.0. The second-order valence-electron chi connectivity index (χ2n) is 5.63. The third-order valence-electron chi connectivity index (χ3n) is 2.93. The van der Waals surface area contributed by atoms with Crippen LogP contribution in [-0.2, 0) is 15.4 Å². The summed E-state index contributed by atoms with van der Waals surface area (Å²) >= 11 is 0. The molecule has 0 saturated heterocycles. The molecule has 0 saturated carbocycles. The highest BCUT2D eigenvalue weighted by Crippen LogP contribution is 2.23. The van der Waals surface area contributed by atoms with Gasteiger partial charge in [0.25, 0.3) is 0 Å². The topological polar surface area (TPSA) is 58.2 Å². The van der Waals surface area contributed by atoms with Gasteiger partial charge in [-0.1, -0.05) is 32.9 Å². The Hall–Kier alpha value is -0.910. The van der Waals surface area contributed by atoms with Crippen molar-refractivity contribution in [1.29, 1.82) is 0 Å². The number of nitrogens with one attached hydrogen (secondary N) is 2. The summed E-state index contributed by atoms with van der Waals surface area (Å²) < 4.78 is 26.7. The van der Waals surface area contributed by atoms with Gasteiger partial charge in [0.05, 0.1) is 4.90 Å². The molecule has 0 aromatic heterocycles. The Balaban J connectivity index is 2.74. The lowest BCUT2D eigenvalue weighted by Gasteiger charge is -2.19.